The maximum Gasteiger partial charge on any atom is 0.259 e. The molecule has 1 aromatic carbocycles. The van der Waals surface area contributed by atoms with Crippen LogP contribution in [-0.4, -0.2) is 40.1 Å². The van der Waals surface area contributed by atoms with Crippen molar-refractivity contribution in [2.75, 3.05) is 13.2 Å². The van der Waals surface area contributed by atoms with Crippen LogP contribution in [0.2, 0.25) is 5.02 Å². The summed E-state index contributed by atoms with van der Waals surface area (Å²) in [7, 11) is 0. The SMILES string of the molecule is C[C@@H]1CCN(C(=O)c2c[nH]c3c(Cl)cccc3c2=O)[C@@H]1CO. The summed E-state index contributed by atoms with van der Waals surface area (Å²) in [5, 5.41) is 10.3. The summed E-state index contributed by atoms with van der Waals surface area (Å²) in [5.74, 6) is -0.116. The standard InChI is InChI=1S/C16H17ClN2O3/c1-9-5-6-19(13(9)8-20)16(22)11-7-18-14-10(15(11)21)3-2-4-12(14)17/h2-4,7,9,13,20H,5-6,8H2,1H3,(H,18,21)/t9-,13-/m1/s1. The Balaban J connectivity index is 2.06. The first-order chi connectivity index (χ1) is 10.5. The number of hydrogen-bond acceptors (Lipinski definition) is 3. The number of H-pyrrole nitrogens is 1. The summed E-state index contributed by atoms with van der Waals surface area (Å²) in [6.07, 6.45) is 2.24. The third-order valence-corrected chi connectivity index (χ3v) is 4.74. The van der Waals surface area contributed by atoms with Gasteiger partial charge in [-0.2, -0.15) is 0 Å². The van der Waals surface area contributed by atoms with Gasteiger partial charge in [-0.3, -0.25) is 9.59 Å². The lowest BCUT2D eigenvalue weighted by Crippen LogP contribution is -2.41. The Bertz CT molecular complexity index is 787. The smallest absolute Gasteiger partial charge is 0.259 e. The average Bonchev–Trinajstić information content (AvgIpc) is 2.88. The second-order valence-corrected chi connectivity index (χ2v) is 6.12. The van der Waals surface area contributed by atoms with Crippen LogP contribution in [0.5, 0.6) is 0 Å². The maximum absolute atomic E-state index is 12.7. The molecule has 0 saturated carbocycles. The van der Waals surface area contributed by atoms with Gasteiger partial charge in [-0.25, -0.2) is 0 Å². The molecule has 2 aromatic rings. The number of nitrogens with one attached hydrogen (secondary N) is 1. The predicted octanol–water partition coefficient (Wildman–Crippen LogP) is 2.02. The van der Waals surface area contributed by atoms with Gasteiger partial charge in [0.25, 0.3) is 5.91 Å². The Morgan fingerprint density at radius 1 is 1.50 bits per heavy atom. The Morgan fingerprint density at radius 2 is 2.27 bits per heavy atom. The van der Waals surface area contributed by atoms with E-state index in [-0.39, 0.29) is 35.5 Å². The quantitative estimate of drug-likeness (QED) is 0.889. The Hall–Kier alpha value is -1.85. The Labute approximate surface area is 132 Å². The minimum Gasteiger partial charge on any atom is -0.394 e. The van der Waals surface area contributed by atoms with E-state index in [9.17, 15) is 14.7 Å². The monoisotopic (exact) mass is 320 g/mol. The van der Waals surface area contributed by atoms with Gasteiger partial charge in [-0.15, -0.1) is 0 Å². The molecule has 2 atom stereocenters. The molecule has 0 spiro atoms. The van der Waals surface area contributed by atoms with Crippen molar-refractivity contribution in [3.05, 3.63) is 45.2 Å². The molecule has 0 unspecified atom stereocenters. The number of aliphatic hydroxyl groups excluding tert-OH is 1. The van der Waals surface area contributed by atoms with Crippen molar-refractivity contribution in [1.82, 2.24) is 9.88 Å². The van der Waals surface area contributed by atoms with Crippen LogP contribution in [0.1, 0.15) is 23.7 Å². The van der Waals surface area contributed by atoms with E-state index in [2.05, 4.69) is 4.98 Å². The van der Waals surface area contributed by atoms with Crippen LogP contribution in [-0.2, 0) is 0 Å². The highest BCUT2D eigenvalue weighted by Crippen LogP contribution is 2.25. The van der Waals surface area contributed by atoms with E-state index in [4.69, 9.17) is 11.6 Å². The molecule has 1 saturated heterocycles. The largest absolute Gasteiger partial charge is 0.394 e. The zero-order chi connectivity index (χ0) is 15.9. The lowest BCUT2D eigenvalue weighted by atomic mass is 10.0. The topological polar surface area (TPSA) is 73.4 Å². The zero-order valence-corrected chi connectivity index (χ0v) is 12.9. The molecule has 0 aliphatic carbocycles. The van der Waals surface area contributed by atoms with Gasteiger partial charge in [0.2, 0.25) is 5.43 Å². The van der Waals surface area contributed by atoms with E-state index in [1.165, 1.54) is 6.20 Å². The van der Waals surface area contributed by atoms with E-state index in [1.54, 1.807) is 23.1 Å². The number of para-hydroxylation sites is 1. The highest BCUT2D eigenvalue weighted by Gasteiger charge is 2.35. The number of fused-ring (bicyclic) bond motifs is 1. The van der Waals surface area contributed by atoms with Crippen molar-refractivity contribution in [3.63, 3.8) is 0 Å². The molecular formula is C16H17ClN2O3. The second-order valence-electron chi connectivity index (χ2n) is 5.71. The lowest BCUT2D eigenvalue weighted by Gasteiger charge is -2.25. The number of pyridine rings is 1. The number of amides is 1. The van der Waals surface area contributed by atoms with Gasteiger partial charge in [0.1, 0.15) is 5.56 Å². The van der Waals surface area contributed by atoms with Crippen molar-refractivity contribution in [3.8, 4) is 0 Å². The summed E-state index contributed by atoms with van der Waals surface area (Å²) >= 11 is 6.05. The summed E-state index contributed by atoms with van der Waals surface area (Å²) < 4.78 is 0. The molecule has 1 amide bonds. The predicted molar refractivity (Wildman–Crippen MR) is 85.3 cm³/mol. The number of carbonyl (C=O) groups is 1. The number of halogens is 1. The van der Waals surface area contributed by atoms with E-state index >= 15 is 0 Å². The number of nitrogens with zero attached hydrogens (tertiary/aromatic N) is 1. The van der Waals surface area contributed by atoms with Crippen LogP contribution < -0.4 is 5.43 Å². The third-order valence-electron chi connectivity index (χ3n) is 4.42. The minimum atomic E-state index is -0.341. The number of benzene rings is 1. The highest BCUT2D eigenvalue weighted by atomic mass is 35.5. The van der Waals surface area contributed by atoms with Gasteiger partial charge in [0, 0.05) is 18.1 Å². The van der Waals surface area contributed by atoms with E-state index in [0.717, 1.165) is 6.42 Å². The first-order valence-electron chi connectivity index (χ1n) is 7.26. The average molecular weight is 321 g/mol. The molecule has 3 rings (SSSR count). The van der Waals surface area contributed by atoms with Crippen LogP contribution >= 0.6 is 11.6 Å². The molecule has 2 heterocycles. The maximum atomic E-state index is 12.7. The summed E-state index contributed by atoms with van der Waals surface area (Å²) in [6.45, 7) is 2.46. The molecule has 1 aliphatic rings. The Kier molecular flexibility index (Phi) is 3.93. The second kappa shape index (κ2) is 5.74. The van der Waals surface area contributed by atoms with Crippen LogP contribution in [0.25, 0.3) is 10.9 Å². The molecule has 5 nitrogen and oxygen atoms in total. The van der Waals surface area contributed by atoms with Gasteiger partial charge in [-0.1, -0.05) is 24.6 Å². The molecule has 1 fully saturated rings. The fraction of sp³-hybridized carbons (Fsp3) is 0.375. The first kappa shape index (κ1) is 15.1. The number of rotatable bonds is 2. The van der Waals surface area contributed by atoms with Crippen molar-refractivity contribution < 1.29 is 9.90 Å². The van der Waals surface area contributed by atoms with E-state index in [1.807, 2.05) is 6.92 Å². The molecule has 1 aromatic heterocycles. The summed E-state index contributed by atoms with van der Waals surface area (Å²) in [6, 6.07) is 4.78. The molecule has 2 N–H and O–H groups in total. The fourth-order valence-electron chi connectivity index (χ4n) is 3.07. The first-order valence-corrected chi connectivity index (χ1v) is 7.64. The normalized spacial score (nSPS) is 21.5. The molecule has 0 bridgehead atoms. The van der Waals surface area contributed by atoms with Gasteiger partial charge in [0.15, 0.2) is 0 Å². The highest BCUT2D eigenvalue weighted by molar-refractivity contribution is 6.35. The summed E-state index contributed by atoms with van der Waals surface area (Å²) in [4.78, 5) is 29.8. The molecular weight excluding hydrogens is 304 g/mol. The number of aromatic nitrogens is 1. The van der Waals surface area contributed by atoms with Gasteiger partial charge >= 0.3 is 0 Å². The van der Waals surface area contributed by atoms with Crippen LogP contribution in [0.3, 0.4) is 0 Å². The van der Waals surface area contributed by atoms with Gasteiger partial charge < -0.3 is 15.0 Å². The van der Waals surface area contributed by atoms with E-state index in [0.29, 0.717) is 22.5 Å². The number of aromatic amines is 1. The van der Waals surface area contributed by atoms with E-state index < -0.39 is 0 Å². The number of aliphatic hydroxyl groups is 1. The fourth-order valence-corrected chi connectivity index (χ4v) is 3.30. The number of likely N-dealkylation sites (tertiary alicyclic amines) is 1. The van der Waals surface area contributed by atoms with Crippen LogP contribution in [0.15, 0.2) is 29.2 Å². The molecule has 116 valence electrons. The minimum absolute atomic E-state index is 0.0855. The van der Waals surface area contributed by atoms with Gasteiger partial charge in [-0.05, 0) is 24.5 Å². The molecule has 0 radical (unpaired) electrons. The summed E-state index contributed by atoms with van der Waals surface area (Å²) in [5.41, 5.74) is 0.277. The Morgan fingerprint density at radius 3 is 3.00 bits per heavy atom. The third kappa shape index (κ3) is 2.30. The van der Waals surface area contributed by atoms with Crippen molar-refractivity contribution in [2.45, 2.75) is 19.4 Å². The number of hydrogen-bond donors (Lipinski definition) is 2. The zero-order valence-electron chi connectivity index (χ0n) is 12.2. The van der Waals surface area contributed by atoms with Crippen molar-refractivity contribution in [1.29, 1.82) is 0 Å². The van der Waals surface area contributed by atoms with Gasteiger partial charge in [0.05, 0.1) is 23.2 Å². The lowest BCUT2D eigenvalue weighted by molar-refractivity contribution is 0.0647. The molecule has 22 heavy (non-hydrogen) atoms. The van der Waals surface area contributed by atoms with Crippen molar-refractivity contribution >= 4 is 28.4 Å². The molecule has 1 aliphatic heterocycles. The molecule has 6 heteroatoms. The number of carbonyl (C=O) groups excluding carboxylic acids is 1. The van der Waals surface area contributed by atoms with Crippen LogP contribution in [0.4, 0.5) is 0 Å². The van der Waals surface area contributed by atoms with Crippen LogP contribution in [0, 0.1) is 5.92 Å². The van der Waals surface area contributed by atoms with Crippen molar-refractivity contribution in [2.24, 2.45) is 5.92 Å².